The highest BCUT2D eigenvalue weighted by atomic mass is 16.5. The summed E-state index contributed by atoms with van der Waals surface area (Å²) in [4.78, 5) is 43.7. The van der Waals surface area contributed by atoms with Crippen LogP contribution in [0.25, 0.3) is 0 Å². The fourth-order valence-corrected chi connectivity index (χ4v) is 1.51. The van der Waals surface area contributed by atoms with Crippen molar-refractivity contribution in [3.8, 4) is 0 Å². The van der Waals surface area contributed by atoms with Crippen LogP contribution in [0.5, 0.6) is 0 Å². The van der Waals surface area contributed by atoms with Gasteiger partial charge < -0.3 is 30.3 Å². The van der Waals surface area contributed by atoms with Crippen LogP contribution in [0.1, 0.15) is 12.8 Å². The normalized spacial score (nSPS) is 10.0. The van der Waals surface area contributed by atoms with Gasteiger partial charge in [-0.2, -0.15) is 0 Å². The molecule has 0 radical (unpaired) electrons. The molecule has 26 heavy (non-hydrogen) atoms. The summed E-state index contributed by atoms with van der Waals surface area (Å²) in [6.45, 7) is 8.01. The summed E-state index contributed by atoms with van der Waals surface area (Å²) in [5, 5.41) is 22.1. The number of carbonyl (C=O) groups is 4. The third kappa shape index (κ3) is 12.7. The fraction of sp³-hybridized carbons (Fsp3) is 0.500. The average molecular weight is 372 g/mol. The second-order valence-corrected chi connectivity index (χ2v) is 5.10. The first kappa shape index (κ1) is 23.3. The summed E-state index contributed by atoms with van der Waals surface area (Å²) in [7, 11) is 0. The van der Waals surface area contributed by atoms with Crippen molar-refractivity contribution in [3.05, 3.63) is 24.3 Å². The minimum Gasteiger partial charge on any atom is -0.478 e. The van der Waals surface area contributed by atoms with E-state index >= 15 is 0 Å². The van der Waals surface area contributed by atoms with E-state index in [1.54, 1.807) is 0 Å². The van der Waals surface area contributed by atoms with Crippen LogP contribution >= 0.6 is 0 Å². The van der Waals surface area contributed by atoms with Crippen LogP contribution in [0.4, 0.5) is 0 Å². The van der Waals surface area contributed by atoms with E-state index in [1.807, 2.05) is 0 Å². The number of carboxylic acid groups (broad SMARTS) is 2. The van der Waals surface area contributed by atoms with Crippen molar-refractivity contribution in [2.75, 3.05) is 39.5 Å². The first-order chi connectivity index (χ1) is 12.2. The van der Waals surface area contributed by atoms with Crippen LogP contribution in [-0.2, 0) is 28.7 Å². The number of hydrogen-bond donors (Lipinski definition) is 4. The van der Waals surface area contributed by atoms with Crippen molar-refractivity contribution in [2.24, 2.45) is 0 Å². The number of amides is 2. The van der Waals surface area contributed by atoms with Gasteiger partial charge in [-0.25, -0.2) is 9.59 Å². The highest BCUT2D eigenvalue weighted by Crippen LogP contribution is 1.97. The lowest BCUT2D eigenvalue weighted by Gasteiger charge is -2.08. The Labute approximate surface area is 150 Å². The zero-order chi connectivity index (χ0) is 19.9. The molecule has 2 amide bonds. The molecule has 0 aliphatic carbocycles. The lowest BCUT2D eigenvalue weighted by molar-refractivity contribution is -0.134. The monoisotopic (exact) mass is 372 g/mol. The minimum absolute atomic E-state index is 0.184. The van der Waals surface area contributed by atoms with Gasteiger partial charge in [-0.15, -0.1) is 0 Å². The summed E-state index contributed by atoms with van der Waals surface area (Å²) in [5.41, 5.74) is -0.368. The third-order valence-electron chi connectivity index (χ3n) is 2.86. The maximum atomic E-state index is 11.3. The predicted molar refractivity (Wildman–Crippen MR) is 90.4 cm³/mol. The topological polar surface area (TPSA) is 151 Å². The molecular formula is C16H24N2O8. The van der Waals surface area contributed by atoms with Crippen LogP contribution in [-0.4, -0.2) is 73.5 Å². The van der Waals surface area contributed by atoms with Crippen LogP contribution in [0.3, 0.4) is 0 Å². The molecule has 0 saturated carbocycles. The van der Waals surface area contributed by atoms with Crippen molar-refractivity contribution in [2.45, 2.75) is 12.8 Å². The fourth-order valence-electron chi connectivity index (χ4n) is 1.51. The van der Waals surface area contributed by atoms with Crippen LogP contribution < -0.4 is 10.6 Å². The van der Waals surface area contributed by atoms with Crippen molar-refractivity contribution >= 4 is 23.8 Å². The second-order valence-electron chi connectivity index (χ2n) is 5.10. The van der Waals surface area contributed by atoms with E-state index < -0.39 is 23.8 Å². The standard InChI is InChI=1S/C16H24N2O8/c1-11(15(21)22)9-13(19)17-3-5-25-7-8-26-6-4-18-14(20)10-12(2)16(23)24/h1-10H2,(H,17,19)(H,18,20)(H,21,22)(H,23,24). The number of ether oxygens (including phenoxy) is 2. The summed E-state index contributed by atoms with van der Waals surface area (Å²) in [5.74, 6) is -3.31. The number of carbonyl (C=O) groups excluding carboxylic acids is 2. The average Bonchev–Trinajstić information content (AvgIpc) is 2.56. The molecule has 0 aromatic heterocycles. The van der Waals surface area contributed by atoms with Gasteiger partial charge in [-0.1, -0.05) is 13.2 Å². The molecule has 10 heteroatoms. The van der Waals surface area contributed by atoms with Gasteiger partial charge in [-0.05, 0) is 0 Å². The highest BCUT2D eigenvalue weighted by Gasteiger charge is 2.10. The van der Waals surface area contributed by atoms with Gasteiger partial charge >= 0.3 is 11.9 Å². The molecule has 0 aliphatic rings. The Hall–Kier alpha value is -2.72. The molecule has 0 aliphatic heterocycles. The largest absolute Gasteiger partial charge is 0.478 e. The molecule has 4 N–H and O–H groups in total. The lowest BCUT2D eigenvalue weighted by atomic mass is 10.2. The van der Waals surface area contributed by atoms with E-state index in [-0.39, 0.29) is 63.5 Å². The van der Waals surface area contributed by atoms with Crippen LogP contribution in [0, 0.1) is 0 Å². The highest BCUT2D eigenvalue weighted by molar-refractivity contribution is 5.93. The molecule has 10 nitrogen and oxygen atoms in total. The second kappa shape index (κ2) is 13.6. The smallest absolute Gasteiger partial charge is 0.331 e. The molecule has 0 atom stereocenters. The van der Waals surface area contributed by atoms with Crippen molar-refractivity contribution in [1.29, 1.82) is 0 Å². The Morgan fingerprint density at radius 1 is 0.692 bits per heavy atom. The van der Waals surface area contributed by atoms with E-state index in [2.05, 4.69) is 23.8 Å². The Morgan fingerprint density at radius 3 is 1.35 bits per heavy atom. The zero-order valence-electron chi connectivity index (χ0n) is 14.4. The van der Waals surface area contributed by atoms with E-state index in [0.29, 0.717) is 0 Å². The van der Waals surface area contributed by atoms with Crippen molar-refractivity contribution < 1.29 is 38.9 Å². The number of nitrogens with one attached hydrogen (secondary N) is 2. The Bertz CT molecular complexity index is 496. The van der Waals surface area contributed by atoms with Gasteiger partial charge in [0.25, 0.3) is 0 Å². The maximum Gasteiger partial charge on any atom is 0.331 e. The lowest BCUT2D eigenvalue weighted by Crippen LogP contribution is -2.29. The molecule has 0 bridgehead atoms. The molecular weight excluding hydrogens is 348 g/mol. The molecule has 0 heterocycles. The van der Waals surface area contributed by atoms with Gasteiger partial charge in [0.1, 0.15) is 0 Å². The van der Waals surface area contributed by atoms with E-state index in [0.717, 1.165) is 0 Å². The number of hydrogen-bond acceptors (Lipinski definition) is 6. The van der Waals surface area contributed by atoms with E-state index in [9.17, 15) is 19.2 Å². The molecule has 0 spiro atoms. The van der Waals surface area contributed by atoms with Crippen molar-refractivity contribution in [3.63, 3.8) is 0 Å². The molecule has 0 unspecified atom stereocenters. The third-order valence-corrected chi connectivity index (χ3v) is 2.86. The van der Waals surface area contributed by atoms with Gasteiger partial charge in [0.2, 0.25) is 11.8 Å². The number of aliphatic carboxylic acids is 2. The molecule has 0 aromatic carbocycles. The van der Waals surface area contributed by atoms with Gasteiger partial charge in [0.05, 0.1) is 39.3 Å². The van der Waals surface area contributed by atoms with Gasteiger partial charge in [0.15, 0.2) is 0 Å². The van der Waals surface area contributed by atoms with Crippen molar-refractivity contribution in [1.82, 2.24) is 10.6 Å². The first-order valence-electron chi connectivity index (χ1n) is 7.75. The van der Waals surface area contributed by atoms with E-state index in [1.165, 1.54) is 0 Å². The zero-order valence-corrected chi connectivity index (χ0v) is 14.4. The summed E-state index contributed by atoms with van der Waals surface area (Å²) >= 11 is 0. The first-order valence-corrected chi connectivity index (χ1v) is 7.75. The quantitative estimate of drug-likeness (QED) is 0.218. The molecule has 0 fully saturated rings. The predicted octanol–water partition coefficient (Wildman–Crippen LogP) is -0.686. The minimum atomic E-state index is -1.21. The Morgan fingerprint density at radius 2 is 1.04 bits per heavy atom. The number of rotatable bonds is 15. The summed E-state index contributed by atoms with van der Waals surface area (Å²) in [6.07, 6.45) is -0.548. The van der Waals surface area contributed by atoms with Gasteiger partial charge in [0, 0.05) is 24.2 Å². The summed E-state index contributed by atoms with van der Waals surface area (Å²) < 4.78 is 10.4. The van der Waals surface area contributed by atoms with Crippen LogP contribution in [0.15, 0.2) is 24.3 Å². The molecule has 0 rings (SSSR count). The summed E-state index contributed by atoms with van der Waals surface area (Å²) in [6, 6.07) is 0. The molecule has 0 aromatic rings. The van der Waals surface area contributed by atoms with E-state index in [4.69, 9.17) is 19.7 Å². The Balaban J connectivity index is 3.46. The van der Waals surface area contributed by atoms with Crippen LogP contribution in [0.2, 0.25) is 0 Å². The van der Waals surface area contributed by atoms with Gasteiger partial charge in [-0.3, -0.25) is 9.59 Å². The molecule has 0 saturated heterocycles. The number of carboxylic acids is 2. The Kier molecular flexibility index (Phi) is 12.1. The SMILES string of the molecule is C=C(CC(=O)NCCOCCOCCNC(=O)CC(=C)C(=O)O)C(=O)O. The molecule has 146 valence electrons. The maximum absolute atomic E-state index is 11.3.